The summed E-state index contributed by atoms with van der Waals surface area (Å²) in [5.41, 5.74) is 16.0. The van der Waals surface area contributed by atoms with Crippen molar-refractivity contribution in [2.45, 2.75) is 12.8 Å². The lowest BCUT2D eigenvalue weighted by Crippen LogP contribution is -2.01. The lowest BCUT2D eigenvalue weighted by Gasteiger charge is -2.13. The maximum atomic E-state index is 6.31. The molecular formula is C52H34N4O. The predicted octanol–water partition coefficient (Wildman–Crippen LogP) is 13.0. The van der Waals surface area contributed by atoms with Crippen LogP contribution in [0.15, 0.2) is 174 Å². The van der Waals surface area contributed by atoms with Gasteiger partial charge in [0.25, 0.3) is 0 Å². The third-order valence-corrected chi connectivity index (χ3v) is 11.7. The number of aromatic nitrogens is 4. The second-order valence-electron chi connectivity index (χ2n) is 14.9. The molecule has 6 aromatic carbocycles. The van der Waals surface area contributed by atoms with E-state index in [4.69, 9.17) is 14.4 Å². The Kier molecular flexibility index (Phi) is 6.99. The van der Waals surface area contributed by atoms with Crippen LogP contribution in [-0.2, 0) is 12.8 Å². The summed E-state index contributed by atoms with van der Waals surface area (Å²) in [6.45, 7) is 0. The molecule has 12 rings (SSSR count). The van der Waals surface area contributed by atoms with E-state index in [2.05, 4.69) is 179 Å². The minimum atomic E-state index is 0.546. The Bertz CT molecular complexity index is 3400. The quantitative estimate of drug-likeness (QED) is 0.181. The van der Waals surface area contributed by atoms with Crippen molar-refractivity contribution in [1.82, 2.24) is 19.1 Å². The fourth-order valence-corrected chi connectivity index (χ4v) is 9.10. The first-order chi connectivity index (χ1) is 28.3. The van der Waals surface area contributed by atoms with Gasteiger partial charge in [-0.1, -0.05) is 127 Å². The van der Waals surface area contributed by atoms with Gasteiger partial charge in [0.15, 0.2) is 0 Å². The van der Waals surface area contributed by atoms with Crippen molar-refractivity contribution < 1.29 is 4.42 Å². The van der Waals surface area contributed by atoms with Crippen molar-refractivity contribution in [1.29, 1.82) is 0 Å². The molecule has 4 aromatic heterocycles. The maximum Gasteiger partial charge on any atom is 0.246 e. The van der Waals surface area contributed by atoms with Crippen LogP contribution in [0.25, 0.3) is 101 Å². The number of benzene rings is 6. The zero-order valence-electron chi connectivity index (χ0n) is 30.9. The van der Waals surface area contributed by atoms with Gasteiger partial charge < -0.3 is 13.6 Å². The number of rotatable bonds is 4. The molecule has 0 radical (unpaired) electrons. The Morgan fingerprint density at radius 3 is 2.12 bits per heavy atom. The first-order valence-electron chi connectivity index (χ1n) is 19.5. The van der Waals surface area contributed by atoms with Gasteiger partial charge in [-0.15, -0.1) is 0 Å². The molecule has 2 aliphatic carbocycles. The molecule has 0 unspecified atom stereocenters. The van der Waals surface area contributed by atoms with Gasteiger partial charge in [-0.25, -0.2) is 9.97 Å². The van der Waals surface area contributed by atoms with E-state index in [0.717, 1.165) is 57.0 Å². The molecule has 5 heteroatoms. The van der Waals surface area contributed by atoms with Gasteiger partial charge in [-0.05, 0) is 70.4 Å². The summed E-state index contributed by atoms with van der Waals surface area (Å²) in [7, 11) is 0. The maximum absolute atomic E-state index is 6.31. The molecule has 0 saturated heterocycles. The van der Waals surface area contributed by atoms with E-state index in [1.54, 1.807) is 0 Å². The first kappa shape index (κ1) is 31.8. The van der Waals surface area contributed by atoms with Crippen LogP contribution in [0, 0.1) is 0 Å². The van der Waals surface area contributed by atoms with Crippen LogP contribution in [-0.4, -0.2) is 19.1 Å². The summed E-state index contributed by atoms with van der Waals surface area (Å²) < 4.78 is 11.2. The number of nitrogens with zero attached hydrogens (tertiary/aromatic N) is 4. The van der Waals surface area contributed by atoms with Crippen LogP contribution in [0.4, 0.5) is 0 Å². The Morgan fingerprint density at radius 1 is 0.526 bits per heavy atom. The van der Waals surface area contributed by atoms with Crippen molar-refractivity contribution in [2.24, 2.45) is 0 Å². The van der Waals surface area contributed by atoms with Crippen LogP contribution in [0.3, 0.4) is 0 Å². The third-order valence-electron chi connectivity index (χ3n) is 11.7. The predicted molar refractivity (Wildman–Crippen MR) is 235 cm³/mol. The fraction of sp³-hybridized carbons (Fsp3) is 0.0385. The van der Waals surface area contributed by atoms with Gasteiger partial charge in [0.1, 0.15) is 11.1 Å². The molecule has 5 nitrogen and oxygen atoms in total. The Balaban J connectivity index is 1.00. The molecule has 0 spiro atoms. The van der Waals surface area contributed by atoms with E-state index in [9.17, 15) is 0 Å². The lowest BCUT2D eigenvalue weighted by molar-refractivity contribution is 0.654. The number of hydrogen-bond donors (Lipinski definition) is 0. The minimum Gasteiger partial charge on any atom is -0.436 e. The average molecular weight is 731 g/mol. The van der Waals surface area contributed by atoms with E-state index in [0.29, 0.717) is 5.71 Å². The van der Waals surface area contributed by atoms with Crippen molar-refractivity contribution in [3.63, 3.8) is 0 Å². The zero-order valence-corrected chi connectivity index (χ0v) is 30.9. The number of furan rings is 1. The highest BCUT2D eigenvalue weighted by Gasteiger charge is 2.21. The van der Waals surface area contributed by atoms with Crippen molar-refractivity contribution in [2.75, 3.05) is 0 Å². The largest absolute Gasteiger partial charge is 0.436 e. The Hall–Kier alpha value is -7.50. The average Bonchev–Trinajstić information content (AvgIpc) is 3.72. The number of allylic oxidation sites excluding steroid dienone is 6. The summed E-state index contributed by atoms with van der Waals surface area (Å²) in [4.78, 5) is 9.99. The van der Waals surface area contributed by atoms with Gasteiger partial charge in [0.05, 0.1) is 28.3 Å². The summed E-state index contributed by atoms with van der Waals surface area (Å²) in [6, 6.07) is 45.7. The zero-order chi connectivity index (χ0) is 37.5. The number of fused-ring (bicyclic) bond motifs is 11. The Morgan fingerprint density at radius 2 is 1.26 bits per heavy atom. The topological polar surface area (TPSA) is 48.8 Å². The third kappa shape index (κ3) is 4.95. The van der Waals surface area contributed by atoms with E-state index >= 15 is 0 Å². The molecule has 57 heavy (non-hydrogen) atoms. The highest BCUT2D eigenvalue weighted by Crippen LogP contribution is 2.40. The van der Waals surface area contributed by atoms with Crippen molar-refractivity contribution in [3.05, 3.63) is 193 Å². The summed E-state index contributed by atoms with van der Waals surface area (Å²) in [5, 5.41) is 5.77. The monoisotopic (exact) mass is 730 g/mol. The minimum absolute atomic E-state index is 0.546. The SMILES string of the molecule is C1=CCc2c(c3cc(-c4ccc5c6c(n(-c7cccc(-c8cnc9c(n8)oc8ccc%10ccccc%10c89)c7)c5c4)CC=CC=C6)ccc3n2-c2ccccc2)C=C1. The normalized spacial score (nSPS) is 13.5. The van der Waals surface area contributed by atoms with E-state index in [1.807, 2.05) is 12.3 Å². The van der Waals surface area contributed by atoms with Crippen LogP contribution < -0.4 is 0 Å². The second kappa shape index (κ2) is 12.5. The van der Waals surface area contributed by atoms with Gasteiger partial charge in [-0.2, -0.15) is 0 Å². The van der Waals surface area contributed by atoms with Crippen LogP contribution in [0.1, 0.15) is 22.5 Å². The molecule has 268 valence electrons. The standard InChI is InChI=1S/C52H34N4O/c1-4-15-37(16-5-1)55-46-22-9-3-7-20-41(46)43-30-34(24-27-47(43)55)35-23-26-42-40-19-6-2-8-21-45(40)56(48(42)31-35)38-17-12-14-36(29-38)44-32-53-51-50-39-18-11-10-13-33(39)25-28-49(50)57-52(51)54-44/h1-20,23-32H,21-22H2. The highest BCUT2D eigenvalue weighted by molar-refractivity contribution is 6.16. The lowest BCUT2D eigenvalue weighted by atomic mass is 10.00. The van der Waals surface area contributed by atoms with E-state index < -0.39 is 0 Å². The molecule has 0 aliphatic heterocycles. The van der Waals surface area contributed by atoms with Gasteiger partial charge in [0, 0.05) is 63.1 Å². The van der Waals surface area contributed by atoms with Crippen LogP contribution in [0.5, 0.6) is 0 Å². The molecule has 2 aliphatic rings. The molecule has 0 fully saturated rings. The summed E-state index contributed by atoms with van der Waals surface area (Å²) in [6.07, 6.45) is 21.2. The van der Waals surface area contributed by atoms with Gasteiger partial charge >= 0.3 is 0 Å². The molecular weight excluding hydrogens is 697 g/mol. The molecule has 10 aromatic rings. The molecule has 0 bridgehead atoms. The molecule has 0 atom stereocenters. The van der Waals surface area contributed by atoms with Crippen LogP contribution in [0.2, 0.25) is 0 Å². The van der Waals surface area contributed by atoms with Crippen molar-refractivity contribution >= 4 is 66.9 Å². The molecule has 0 saturated carbocycles. The van der Waals surface area contributed by atoms with Crippen LogP contribution >= 0.6 is 0 Å². The summed E-state index contributed by atoms with van der Waals surface area (Å²) in [5.74, 6) is 0. The van der Waals surface area contributed by atoms with E-state index in [1.165, 1.54) is 61.1 Å². The molecule has 4 heterocycles. The number of para-hydroxylation sites is 1. The molecule has 0 N–H and O–H groups in total. The van der Waals surface area contributed by atoms with Gasteiger partial charge in [-0.3, -0.25) is 0 Å². The van der Waals surface area contributed by atoms with Crippen molar-refractivity contribution in [3.8, 4) is 33.8 Å². The van der Waals surface area contributed by atoms with Gasteiger partial charge in [0.2, 0.25) is 5.71 Å². The fourth-order valence-electron chi connectivity index (χ4n) is 9.10. The smallest absolute Gasteiger partial charge is 0.246 e. The Labute approximate surface area is 328 Å². The second-order valence-corrected chi connectivity index (χ2v) is 14.9. The number of hydrogen-bond acceptors (Lipinski definition) is 3. The first-order valence-corrected chi connectivity index (χ1v) is 19.5. The van der Waals surface area contributed by atoms with E-state index in [-0.39, 0.29) is 0 Å². The molecule has 0 amide bonds. The highest BCUT2D eigenvalue weighted by atomic mass is 16.3. The summed E-state index contributed by atoms with van der Waals surface area (Å²) >= 11 is 0.